The number of amides is 1. The highest BCUT2D eigenvalue weighted by Gasteiger charge is 2.47. The molecule has 1 amide bonds. The van der Waals surface area contributed by atoms with Crippen LogP contribution in [-0.2, 0) is 20.7 Å². The van der Waals surface area contributed by atoms with Gasteiger partial charge in [-0.3, -0.25) is 19.4 Å². The zero-order valence-electron chi connectivity index (χ0n) is 18.4. The first kappa shape index (κ1) is 22.2. The number of rotatable bonds is 6. The lowest BCUT2D eigenvalue weighted by Crippen LogP contribution is -2.56. The third-order valence-corrected chi connectivity index (χ3v) is 6.57. The number of hydrogen-bond donors (Lipinski definition) is 3. The number of fused-ring (bicyclic) bond motifs is 2. The van der Waals surface area contributed by atoms with Gasteiger partial charge in [-0.2, -0.15) is 0 Å². The summed E-state index contributed by atoms with van der Waals surface area (Å²) in [7, 11) is 0. The lowest BCUT2D eigenvalue weighted by atomic mass is 9.82. The minimum atomic E-state index is -0.815. The van der Waals surface area contributed by atoms with Crippen LogP contribution in [0.4, 0.5) is 0 Å². The van der Waals surface area contributed by atoms with E-state index in [0.717, 1.165) is 16.5 Å². The van der Waals surface area contributed by atoms with Gasteiger partial charge in [0.25, 0.3) is 5.91 Å². The molecule has 8 heteroatoms. The number of benzene rings is 2. The molecule has 174 valence electrons. The molecule has 2 aliphatic rings. The molecule has 0 bridgehead atoms. The highest BCUT2D eigenvalue weighted by atomic mass is 16.5. The molecule has 0 spiro atoms. The molecular weight excluding hydrogens is 434 g/mol. The Labute approximate surface area is 196 Å². The highest BCUT2D eigenvalue weighted by molar-refractivity contribution is 6.01. The summed E-state index contributed by atoms with van der Waals surface area (Å²) in [5, 5.41) is 16.5. The first-order chi connectivity index (χ1) is 16.5. The topological polar surface area (TPSA) is 118 Å². The van der Waals surface area contributed by atoms with Crippen LogP contribution in [-0.4, -0.2) is 58.9 Å². The molecule has 34 heavy (non-hydrogen) atoms. The van der Waals surface area contributed by atoms with Crippen LogP contribution in [0.25, 0.3) is 10.9 Å². The second kappa shape index (κ2) is 9.32. The number of ketones is 2. The Kier molecular flexibility index (Phi) is 6.08. The zero-order valence-corrected chi connectivity index (χ0v) is 18.4. The van der Waals surface area contributed by atoms with E-state index in [-0.39, 0.29) is 36.3 Å². The molecule has 0 aliphatic carbocycles. The van der Waals surface area contributed by atoms with E-state index in [2.05, 4.69) is 15.6 Å². The number of phenols is 1. The summed E-state index contributed by atoms with van der Waals surface area (Å²) in [5.74, 6) is -0.946. The number of aromatic hydroxyl groups is 1. The fraction of sp³-hybridized carbons (Fsp3) is 0.308. The van der Waals surface area contributed by atoms with E-state index in [0.29, 0.717) is 18.5 Å². The number of carbonyl (C=O) groups is 3. The van der Waals surface area contributed by atoms with Crippen molar-refractivity contribution in [2.24, 2.45) is 5.92 Å². The maximum Gasteiger partial charge on any atom is 0.251 e. The third-order valence-electron chi connectivity index (χ3n) is 6.57. The summed E-state index contributed by atoms with van der Waals surface area (Å²) in [6, 6.07) is 14.1. The van der Waals surface area contributed by atoms with E-state index >= 15 is 0 Å². The van der Waals surface area contributed by atoms with E-state index in [1.54, 1.807) is 54.7 Å². The second-order valence-electron chi connectivity index (χ2n) is 8.78. The SMILES string of the molecule is O=C(NC(Cc1ccc(O)cc1)C(=O)C1CCNC2C(=O)COC12)c1ccc2ncccc2c1. The summed E-state index contributed by atoms with van der Waals surface area (Å²) in [5.41, 5.74) is 2.01. The van der Waals surface area contributed by atoms with E-state index in [4.69, 9.17) is 4.74 Å². The number of piperidine rings is 1. The summed E-state index contributed by atoms with van der Waals surface area (Å²) in [6.07, 6.45) is 1.95. The van der Waals surface area contributed by atoms with Gasteiger partial charge in [0.05, 0.1) is 23.7 Å². The first-order valence-corrected chi connectivity index (χ1v) is 11.3. The molecule has 2 aromatic carbocycles. The zero-order chi connectivity index (χ0) is 23.7. The molecule has 3 heterocycles. The summed E-state index contributed by atoms with van der Waals surface area (Å²) >= 11 is 0. The Morgan fingerprint density at radius 3 is 2.82 bits per heavy atom. The van der Waals surface area contributed by atoms with Crippen molar-refractivity contribution in [2.75, 3.05) is 13.2 Å². The van der Waals surface area contributed by atoms with Gasteiger partial charge in [-0.1, -0.05) is 18.2 Å². The Hall–Kier alpha value is -3.62. The van der Waals surface area contributed by atoms with Crippen LogP contribution < -0.4 is 10.6 Å². The van der Waals surface area contributed by atoms with Gasteiger partial charge in [0.1, 0.15) is 12.4 Å². The lowest BCUT2D eigenvalue weighted by Gasteiger charge is -2.34. The monoisotopic (exact) mass is 459 g/mol. The Morgan fingerprint density at radius 2 is 2.00 bits per heavy atom. The van der Waals surface area contributed by atoms with Crippen molar-refractivity contribution in [3.05, 3.63) is 71.9 Å². The van der Waals surface area contributed by atoms with Crippen LogP contribution in [0, 0.1) is 5.92 Å². The largest absolute Gasteiger partial charge is 0.508 e. The quantitative estimate of drug-likeness (QED) is 0.514. The van der Waals surface area contributed by atoms with Crippen molar-refractivity contribution in [3.63, 3.8) is 0 Å². The Balaban J connectivity index is 1.41. The van der Waals surface area contributed by atoms with E-state index < -0.39 is 24.1 Å². The standard InChI is InChI=1S/C26H25N3O5/c30-18-6-3-15(4-7-18)12-21(24(32)19-9-11-28-23-22(31)14-34-25(19)23)29-26(33)17-5-8-20-16(13-17)2-1-10-27-20/h1-8,10,13,19,21,23,25,28,30H,9,11-12,14H2,(H,29,33). The molecule has 0 radical (unpaired) electrons. The fourth-order valence-corrected chi connectivity index (χ4v) is 4.80. The predicted octanol–water partition coefficient (Wildman–Crippen LogP) is 1.80. The number of ether oxygens (including phenoxy) is 1. The second-order valence-corrected chi connectivity index (χ2v) is 8.78. The van der Waals surface area contributed by atoms with Crippen molar-refractivity contribution < 1.29 is 24.2 Å². The molecule has 1 aromatic heterocycles. The molecular formula is C26H25N3O5. The maximum absolute atomic E-state index is 13.7. The van der Waals surface area contributed by atoms with Crippen molar-refractivity contribution in [3.8, 4) is 5.75 Å². The van der Waals surface area contributed by atoms with Crippen molar-refractivity contribution >= 4 is 28.4 Å². The number of Topliss-reactive ketones (excluding diaryl/α,β-unsaturated/α-hetero) is 2. The number of aromatic nitrogens is 1. The smallest absolute Gasteiger partial charge is 0.251 e. The molecule has 2 saturated heterocycles. The van der Waals surface area contributed by atoms with Crippen molar-refractivity contribution in [1.29, 1.82) is 0 Å². The summed E-state index contributed by atoms with van der Waals surface area (Å²) in [4.78, 5) is 43.3. The van der Waals surface area contributed by atoms with Gasteiger partial charge >= 0.3 is 0 Å². The molecule has 0 saturated carbocycles. The third kappa shape index (κ3) is 4.42. The molecule has 2 aliphatic heterocycles. The van der Waals surface area contributed by atoms with Crippen molar-refractivity contribution in [1.82, 2.24) is 15.6 Å². The van der Waals surface area contributed by atoms with E-state index in [1.807, 2.05) is 6.07 Å². The highest BCUT2D eigenvalue weighted by Crippen LogP contribution is 2.28. The molecule has 4 atom stereocenters. The average molecular weight is 460 g/mol. The predicted molar refractivity (Wildman–Crippen MR) is 124 cm³/mol. The molecule has 5 rings (SSSR count). The number of nitrogens with one attached hydrogen (secondary N) is 2. The normalized spacial score (nSPS) is 22.8. The number of phenolic OH excluding ortho intramolecular Hbond substituents is 1. The Morgan fingerprint density at radius 1 is 1.18 bits per heavy atom. The van der Waals surface area contributed by atoms with Gasteiger partial charge in [-0.25, -0.2) is 0 Å². The summed E-state index contributed by atoms with van der Waals surface area (Å²) in [6.45, 7) is 0.524. The molecule has 3 aromatic rings. The molecule has 2 fully saturated rings. The van der Waals surface area contributed by atoms with E-state index in [9.17, 15) is 19.5 Å². The van der Waals surface area contributed by atoms with Crippen LogP contribution in [0.3, 0.4) is 0 Å². The number of nitrogens with zero attached hydrogens (tertiary/aromatic N) is 1. The van der Waals surface area contributed by atoms with Gasteiger partial charge in [-0.05, 0) is 61.3 Å². The summed E-state index contributed by atoms with van der Waals surface area (Å²) < 4.78 is 5.67. The van der Waals surface area contributed by atoms with Crippen LogP contribution in [0.1, 0.15) is 22.3 Å². The van der Waals surface area contributed by atoms with E-state index in [1.165, 1.54) is 0 Å². The molecule has 8 nitrogen and oxygen atoms in total. The Bertz CT molecular complexity index is 1240. The first-order valence-electron chi connectivity index (χ1n) is 11.3. The van der Waals surface area contributed by atoms with Crippen molar-refractivity contribution in [2.45, 2.75) is 31.0 Å². The molecule has 4 unspecified atom stereocenters. The average Bonchev–Trinajstić information content (AvgIpc) is 3.25. The van der Waals surface area contributed by atoms with Crippen LogP contribution in [0.15, 0.2) is 60.8 Å². The van der Waals surface area contributed by atoms with Gasteiger partial charge in [0, 0.05) is 23.1 Å². The van der Waals surface area contributed by atoms with Gasteiger partial charge in [-0.15, -0.1) is 0 Å². The maximum atomic E-state index is 13.7. The van der Waals surface area contributed by atoms with Gasteiger partial charge in [0.2, 0.25) is 0 Å². The van der Waals surface area contributed by atoms with Crippen LogP contribution in [0.2, 0.25) is 0 Å². The number of carbonyl (C=O) groups excluding carboxylic acids is 3. The van der Waals surface area contributed by atoms with Gasteiger partial charge in [0.15, 0.2) is 11.6 Å². The molecule has 3 N–H and O–H groups in total. The van der Waals surface area contributed by atoms with Crippen LogP contribution >= 0.6 is 0 Å². The van der Waals surface area contributed by atoms with Crippen LogP contribution in [0.5, 0.6) is 5.75 Å². The number of hydrogen-bond acceptors (Lipinski definition) is 7. The minimum absolute atomic E-state index is 0.00771. The number of pyridine rings is 1. The lowest BCUT2D eigenvalue weighted by molar-refractivity contribution is -0.130. The minimum Gasteiger partial charge on any atom is -0.508 e. The fourth-order valence-electron chi connectivity index (χ4n) is 4.80. The van der Waals surface area contributed by atoms with Gasteiger partial charge < -0.3 is 20.5 Å².